The lowest BCUT2D eigenvalue weighted by atomic mass is 10.2. The molecule has 0 spiro atoms. The van der Waals surface area contributed by atoms with Gasteiger partial charge in [-0.2, -0.15) is 0 Å². The van der Waals surface area contributed by atoms with Crippen LogP contribution in [0, 0.1) is 0 Å². The van der Waals surface area contributed by atoms with Crippen molar-refractivity contribution in [2.75, 3.05) is 12.0 Å². The Kier molecular flexibility index (Phi) is 4.93. The van der Waals surface area contributed by atoms with E-state index in [0.717, 1.165) is 15.7 Å². The van der Waals surface area contributed by atoms with Gasteiger partial charge in [0, 0.05) is 4.47 Å². The van der Waals surface area contributed by atoms with E-state index >= 15 is 0 Å². The molecule has 4 nitrogen and oxygen atoms in total. The van der Waals surface area contributed by atoms with Crippen LogP contribution in [0.15, 0.2) is 51.8 Å². The average molecular weight is 422 g/mol. The molecule has 2 aromatic carbocycles. The molecule has 3 rings (SSSR count). The van der Waals surface area contributed by atoms with Gasteiger partial charge in [0.05, 0.1) is 17.7 Å². The summed E-state index contributed by atoms with van der Waals surface area (Å²) in [6, 6.07) is 12.3. The van der Waals surface area contributed by atoms with Gasteiger partial charge < -0.3 is 9.84 Å². The second kappa shape index (κ2) is 6.96. The van der Waals surface area contributed by atoms with E-state index in [-0.39, 0.29) is 11.7 Å². The lowest BCUT2D eigenvalue weighted by Gasteiger charge is -2.14. The smallest absolute Gasteiger partial charge is 0.270 e. The number of nitrogens with zero attached hydrogens (tertiary/aromatic N) is 1. The maximum absolute atomic E-state index is 12.7. The number of hydrogen-bond donors (Lipinski definition) is 1. The Bertz CT molecular complexity index is 849. The fourth-order valence-electron chi connectivity index (χ4n) is 2.22. The number of rotatable bonds is 3. The number of halogens is 1. The second-order valence-electron chi connectivity index (χ2n) is 4.92. The summed E-state index contributed by atoms with van der Waals surface area (Å²) < 4.78 is 6.51. The van der Waals surface area contributed by atoms with Crippen molar-refractivity contribution in [3.8, 4) is 11.5 Å². The number of carbonyl (C=O) groups excluding carboxylic acids is 1. The van der Waals surface area contributed by atoms with Crippen molar-refractivity contribution in [3.05, 3.63) is 57.4 Å². The first kappa shape index (κ1) is 17.0. The molecule has 0 atom stereocenters. The third-order valence-corrected chi connectivity index (χ3v) is 5.21. The molecule has 1 heterocycles. The van der Waals surface area contributed by atoms with E-state index in [0.29, 0.717) is 15.0 Å². The van der Waals surface area contributed by atoms with Gasteiger partial charge in [-0.25, -0.2) is 0 Å². The molecular formula is C17H12BrNO3S2. The van der Waals surface area contributed by atoms with Gasteiger partial charge in [0.1, 0.15) is 0 Å². The Hall–Kier alpha value is -1.83. The Balaban J connectivity index is 1.92. The van der Waals surface area contributed by atoms with Gasteiger partial charge in [0.25, 0.3) is 5.91 Å². The summed E-state index contributed by atoms with van der Waals surface area (Å²) in [6.45, 7) is 0. The van der Waals surface area contributed by atoms with Crippen molar-refractivity contribution >= 4 is 61.9 Å². The number of phenolic OH excluding ortho intramolecular Hbond substituents is 1. The SMILES string of the molecule is COc1cc(C=C2SC(=S)N(c3ccc(Br)cc3)C2=O)ccc1O. The number of ether oxygens (including phenoxy) is 1. The van der Waals surface area contributed by atoms with E-state index in [1.165, 1.54) is 29.8 Å². The first-order valence-corrected chi connectivity index (χ1v) is 8.92. The first-order valence-electron chi connectivity index (χ1n) is 6.90. The summed E-state index contributed by atoms with van der Waals surface area (Å²) in [7, 11) is 1.48. The molecule has 1 aliphatic rings. The zero-order valence-electron chi connectivity index (χ0n) is 12.5. The van der Waals surface area contributed by atoms with Crippen LogP contribution < -0.4 is 9.64 Å². The number of thiocarbonyl (C=S) groups is 1. The lowest BCUT2D eigenvalue weighted by molar-refractivity contribution is -0.113. The molecule has 0 radical (unpaired) electrons. The summed E-state index contributed by atoms with van der Waals surface area (Å²) in [5, 5.41) is 9.65. The highest BCUT2D eigenvalue weighted by molar-refractivity contribution is 9.10. The molecule has 24 heavy (non-hydrogen) atoms. The molecule has 0 bridgehead atoms. The number of amides is 1. The highest BCUT2D eigenvalue weighted by atomic mass is 79.9. The number of carbonyl (C=O) groups is 1. The predicted molar refractivity (Wildman–Crippen MR) is 104 cm³/mol. The van der Waals surface area contributed by atoms with Crippen molar-refractivity contribution < 1.29 is 14.6 Å². The third kappa shape index (κ3) is 3.33. The zero-order valence-corrected chi connectivity index (χ0v) is 15.7. The van der Waals surface area contributed by atoms with E-state index in [2.05, 4.69) is 15.9 Å². The molecule has 0 aliphatic carbocycles. The van der Waals surface area contributed by atoms with Crippen LogP contribution in [0.25, 0.3) is 6.08 Å². The molecule has 0 saturated carbocycles. The summed E-state index contributed by atoms with van der Waals surface area (Å²) in [6.07, 6.45) is 1.74. The van der Waals surface area contributed by atoms with Gasteiger partial charge in [-0.05, 0) is 48.0 Å². The van der Waals surface area contributed by atoms with Crippen molar-refractivity contribution in [3.63, 3.8) is 0 Å². The molecule has 1 fully saturated rings. The minimum Gasteiger partial charge on any atom is -0.504 e. The van der Waals surface area contributed by atoms with E-state index < -0.39 is 0 Å². The molecule has 122 valence electrons. The molecular weight excluding hydrogens is 410 g/mol. The second-order valence-corrected chi connectivity index (χ2v) is 7.52. The van der Waals surface area contributed by atoms with Crippen molar-refractivity contribution in [2.24, 2.45) is 0 Å². The van der Waals surface area contributed by atoms with Gasteiger partial charge in [-0.1, -0.05) is 46.0 Å². The van der Waals surface area contributed by atoms with Gasteiger partial charge in [-0.3, -0.25) is 9.69 Å². The maximum Gasteiger partial charge on any atom is 0.270 e. The highest BCUT2D eigenvalue weighted by Crippen LogP contribution is 2.37. The number of thioether (sulfide) groups is 1. The molecule has 1 saturated heterocycles. The minimum absolute atomic E-state index is 0.0528. The van der Waals surface area contributed by atoms with E-state index in [1.807, 2.05) is 24.3 Å². The van der Waals surface area contributed by atoms with Crippen LogP contribution in [-0.2, 0) is 4.79 Å². The quantitative estimate of drug-likeness (QED) is 0.580. The van der Waals surface area contributed by atoms with Gasteiger partial charge in [-0.15, -0.1) is 0 Å². The Morgan fingerprint density at radius 2 is 1.96 bits per heavy atom. The van der Waals surface area contributed by atoms with Crippen LogP contribution in [0.3, 0.4) is 0 Å². The summed E-state index contributed by atoms with van der Waals surface area (Å²) in [4.78, 5) is 14.7. The molecule has 1 N–H and O–H groups in total. The monoisotopic (exact) mass is 421 g/mol. The number of phenols is 1. The lowest BCUT2D eigenvalue weighted by Crippen LogP contribution is -2.27. The maximum atomic E-state index is 12.7. The van der Waals surface area contributed by atoms with Crippen LogP contribution in [0.5, 0.6) is 11.5 Å². The molecule has 1 aliphatic heterocycles. The van der Waals surface area contributed by atoms with Crippen LogP contribution in [0.2, 0.25) is 0 Å². The number of methoxy groups -OCH3 is 1. The number of anilines is 1. The fourth-order valence-corrected chi connectivity index (χ4v) is 3.78. The molecule has 7 heteroatoms. The molecule has 0 aromatic heterocycles. The van der Waals surface area contributed by atoms with Crippen LogP contribution in [0.4, 0.5) is 5.69 Å². The van der Waals surface area contributed by atoms with Crippen molar-refractivity contribution in [1.82, 2.24) is 0 Å². The molecule has 1 amide bonds. The van der Waals surface area contributed by atoms with Crippen LogP contribution in [0.1, 0.15) is 5.56 Å². The summed E-state index contributed by atoms with van der Waals surface area (Å²) in [5.41, 5.74) is 1.48. The van der Waals surface area contributed by atoms with Crippen LogP contribution in [-0.4, -0.2) is 22.4 Å². The number of benzene rings is 2. The minimum atomic E-state index is -0.167. The summed E-state index contributed by atoms with van der Waals surface area (Å²) in [5.74, 6) is 0.239. The number of aromatic hydroxyl groups is 1. The van der Waals surface area contributed by atoms with Crippen LogP contribution >= 0.6 is 39.9 Å². The van der Waals surface area contributed by atoms with E-state index in [4.69, 9.17) is 17.0 Å². The average Bonchev–Trinajstić information content (AvgIpc) is 2.84. The van der Waals surface area contributed by atoms with Crippen molar-refractivity contribution in [1.29, 1.82) is 0 Å². The first-order chi connectivity index (χ1) is 11.5. The molecule has 2 aromatic rings. The largest absolute Gasteiger partial charge is 0.504 e. The van der Waals surface area contributed by atoms with Gasteiger partial charge >= 0.3 is 0 Å². The summed E-state index contributed by atoms with van der Waals surface area (Å²) >= 11 is 9.97. The Morgan fingerprint density at radius 3 is 2.62 bits per heavy atom. The van der Waals surface area contributed by atoms with E-state index in [1.54, 1.807) is 18.2 Å². The topological polar surface area (TPSA) is 49.8 Å². The third-order valence-electron chi connectivity index (χ3n) is 3.38. The van der Waals surface area contributed by atoms with Gasteiger partial charge in [0.2, 0.25) is 0 Å². The highest BCUT2D eigenvalue weighted by Gasteiger charge is 2.33. The zero-order chi connectivity index (χ0) is 17.3. The Labute approximate surface area is 157 Å². The standard InChI is InChI=1S/C17H12BrNO3S2/c1-22-14-8-10(2-7-13(14)20)9-15-16(21)19(17(23)24-15)12-5-3-11(18)4-6-12/h2-9,20H,1H3. The molecule has 0 unspecified atom stereocenters. The predicted octanol–water partition coefficient (Wildman–Crippen LogP) is 4.57. The van der Waals surface area contributed by atoms with E-state index in [9.17, 15) is 9.90 Å². The van der Waals surface area contributed by atoms with Crippen molar-refractivity contribution in [2.45, 2.75) is 0 Å². The Morgan fingerprint density at radius 1 is 1.25 bits per heavy atom. The fraction of sp³-hybridized carbons (Fsp3) is 0.0588. The number of hydrogen-bond acceptors (Lipinski definition) is 5. The van der Waals surface area contributed by atoms with Gasteiger partial charge in [0.15, 0.2) is 15.8 Å². The normalized spacial score (nSPS) is 16.1.